The first-order valence-corrected chi connectivity index (χ1v) is 17.3. The van der Waals surface area contributed by atoms with Crippen LogP contribution in [0.1, 0.15) is 91.5 Å². The van der Waals surface area contributed by atoms with Crippen molar-refractivity contribution in [1.29, 1.82) is 0 Å². The molecular weight excluding hydrogens is 582 g/mol. The summed E-state index contributed by atoms with van der Waals surface area (Å²) in [5.74, 6) is 1.77. The molecule has 0 N–H and O–H groups in total. The van der Waals surface area contributed by atoms with Gasteiger partial charge in [-0.3, -0.25) is 9.59 Å². The Bertz CT molecular complexity index is 1360. The molecule has 1 heterocycles. The van der Waals surface area contributed by atoms with Gasteiger partial charge in [0.15, 0.2) is 6.29 Å². The maximum atomic E-state index is 11.6. The van der Waals surface area contributed by atoms with E-state index < -0.39 is 30.4 Å². The number of hydrogen-bond donors (Lipinski definition) is 0. The van der Waals surface area contributed by atoms with Crippen molar-refractivity contribution < 1.29 is 33.4 Å². The molecular formula is C38H51NO7. The van der Waals surface area contributed by atoms with E-state index in [9.17, 15) is 9.59 Å². The highest BCUT2D eigenvalue weighted by atomic mass is 16.7. The van der Waals surface area contributed by atoms with Gasteiger partial charge >= 0.3 is 11.9 Å². The molecule has 0 radical (unpaired) electrons. The summed E-state index contributed by atoms with van der Waals surface area (Å²) in [5.41, 5.74) is 4.32. The van der Waals surface area contributed by atoms with Crippen LogP contribution < -0.4 is 0 Å². The molecule has 10 atom stereocenters. The Kier molecular flexibility index (Phi) is 9.77. The number of rotatable bonds is 9. The van der Waals surface area contributed by atoms with E-state index in [-0.39, 0.29) is 23.5 Å². The van der Waals surface area contributed by atoms with E-state index in [0.29, 0.717) is 30.3 Å². The number of esters is 2. The van der Waals surface area contributed by atoms with Crippen LogP contribution in [-0.4, -0.2) is 48.9 Å². The number of oxime groups is 1. The summed E-state index contributed by atoms with van der Waals surface area (Å²) in [6.45, 7) is 10.5. The first kappa shape index (κ1) is 33.0. The summed E-state index contributed by atoms with van der Waals surface area (Å²) in [6.07, 6.45) is 13.5. The monoisotopic (exact) mass is 633 g/mol. The highest BCUT2D eigenvalue weighted by Gasteiger charge is 2.59. The zero-order chi connectivity index (χ0) is 32.5. The van der Waals surface area contributed by atoms with Gasteiger partial charge in [0.25, 0.3) is 0 Å². The Morgan fingerprint density at radius 3 is 2.52 bits per heavy atom. The number of carbonyl (C=O) groups excluding carboxylic acids is 2. The van der Waals surface area contributed by atoms with E-state index in [4.69, 9.17) is 23.8 Å². The molecule has 0 spiro atoms. The minimum absolute atomic E-state index is 0.00146. The molecule has 46 heavy (non-hydrogen) atoms. The topological polar surface area (TPSA) is 92.7 Å². The fraction of sp³-hybridized carbons (Fsp3) is 0.658. The molecule has 6 rings (SSSR count). The van der Waals surface area contributed by atoms with Crippen molar-refractivity contribution in [2.45, 2.75) is 117 Å². The van der Waals surface area contributed by atoms with E-state index >= 15 is 0 Å². The molecule has 0 aromatic heterocycles. The predicted octanol–water partition coefficient (Wildman–Crippen LogP) is 7.32. The van der Waals surface area contributed by atoms with Crippen molar-refractivity contribution in [1.82, 2.24) is 0 Å². The van der Waals surface area contributed by atoms with Crippen molar-refractivity contribution in [3.8, 4) is 0 Å². The van der Waals surface area contributed by atoms with Crippen molar-refractivity contribution in [3.05, 3.63) is 59.7 Å². The van der Waals surface area contributed by atoms with Gasteiger partial charge < -0.3 is 23.8 Å². The van der Waals surface area contributed by atoms with Crippen molar-refractivity contribution >= 4 is 17.7 Å². The number of fused-ring (bicyclic) bond motifs is 5. The van der Waals surface area contributed by atoms with Crippen molar-refractivity contribution in [3.63, 3.8) is 0 Å². The van der Waals surface area contributed by atoms with Gasteiger partial charge in [-0.1, -0.05) is 61.0 Å². The Labute approximate surface area is 273 Å². The van der Waals surface area contributed by atoms with Crippen LogP contribution in [0.2, 0.25) is 0 Å². The lowest BCUT2D eigenvalue weighted by Crippen LogP contribution is -2.51. The number of nitrogens with zero attached hydrogens (tertiary/aromatic N) is 1. The van der Waals surface area contributed by atoms with Gasteiger partial charge in [0.05, 0.1) is 11.8 Å². The number of hydrogen-bond acceptors (Lipinski definition) is 8. The van der Waals surface area contributed by atoms with Gasteiger partial charge in [-0.25, -0.2) is 0 Å². The molecule has 0 amide bonds. The van der Waals surface area contributed by atoms with E-state index in [1.807, 2.05) is 24.3 Å². The third-order valence-electron chi connectivity index (χ3n) is 12.1. The van der Waals surface area contributed by atoms with Gasteiger partial charge in [-0.05, 0) is 105 Å². The normalized spacial score (nSPS) is 38.5. The summed E-state index contributed by atoms with van der Waals surface area (Å²) in [5, 5.41) is 4.65. The van der Waals surface area contributed by atoms with Crippen LogP contribution in [0.4, 0.5) is 0 Å². The van der Waals surface area contributed by atoms with Crippen LogP contribution >= 0.6 is 0 Å². The molecule has 8 nitrogen and oxygen atoms in total. The molecule has 4 aliphatic carbocycles. The molecule has 1 aromatic carbocycles. The van der Waals surface area contributed by atoms with Gasteiger partial charge in [0, 0.05) is 19.8 Å². The van der Waals surface area contributed by atoms with Crippen LogP contribution in [0.5, 0.6) is 0 Å². The van der Waals surface area contributed by atoms with Crippen LogP contribution in [0, 0.1) is 34.5 Å². The average Bonchev–Trinajstić information content (AvgIpc) is 3.39. The standard InChI is InChI=1S/C38H51NO7/c1-24(39-43-22-27-9-7-6-8-10-27)31-13-14-32-30-12-11-28-21-29(17-19-37(28,4)33(30)18-20-38(31,32)5)45-36-16-15-34(44-26(3)41)35(46-36)23-42-25(2)40/h6-11,15-16,29-36H,12-14,17-23H2,1-5H3/b39-24+/t29-,30-,31+,32-,33-,34-,35+,36?,37-,38+/m0/s1. The lowest BCUT2D eigenvalue weighted by atomic mass is 9.47. The van der Waals surface area contributed by atoms with Crippen molar-refractivity contribution in [2.24, 2.45) is 39.7 Å². The Hall–Kier alpha value is -2.97. The van der Waals surface area contributed by atoms with Gasteiger partial charge in [-0.2, -0.15) is 0 Å². The molecule has 8 heteroatoms. The zero-order valence-electron chi connectivity index (χ0n) is 28.1. The Balaban J connectivity index is 1.08. The molecule has 3 saturated carbocycles. The summed E-state index contributed by atoms with van der Waals surface area (Å²) in [4.78, 5) is 28.9. The number of ether oxygens (including phenoxy) is 4. The molecule has 0 bridgehead atoms. The minimum Gasteiger partial charge on any atom is -0.463 e. The summed E-state index contributed by atoms with van der Waals surface area (Å²) >= 11 is 0. The second-order valence-corrected chi connectivity index (χ2v) is 14.7. The second-order valence-electron chi connectivity index (χ2n) is 14.7. The molecule has 1 aromatic rings. The second kappa shape index (κ2) is 13.6. The first-order chi connectivity index (χ1) is 22.1. The number of benzene rings is 1. The number of allylic oxidation sites excluding steroid dienone is 1. The fourth-order valence-electron chi connectivity index (χ4n) is 9.80. The SMILES string of the molecule is CC(=O)OC[C@H]1OC(O[C@H]2CC[C@@]3(C)C(=CC[C@H]4[C@@H]5CC[C@H](/C(C)=N/OCc6ccccc6)[C@@]5(C)CC[C@@H]43)C2)C=C[C@@H]1OC(C)=O. The van der Waals surface area contributed by atoms with Gasteiger partial charge in [-0.15, -0.1) is 0 Å². The predicted molar refractivity (Wildman–Crippen MR) is 174 cm³/mol. The fourth-order valence-corrected chi connectivity index (χ4v) is 9.80. The molecule has 3 fully saturated rings. The van der Waals surface area contributed by atoms with E-state index in [0.717, 1.165) is 37.0 Å². The maximum Gasteiger partial charge on any atom is 0.303 e. The smallest absolute Gasteiger partial charge is 0.303 e. The van der Waals surface area contributed by atoms with Gasteiger partial charge in [0.1, 0.15) is 25.4 Å². The third kappa shape index (κ3) is 6.70. The lowest BCUT2D eigenvalue weighted by molar-refractivity contribution is -0.213. The lowest BCUT2D eigenvalue weighted by Gasteiger charge is -2.58. The van der Waals surface area contributed by atoms with Crippen LogP contribution in [0.15, 0.2) is 59.3 Å². The highest BCUT2D eigenvalue weighted by Crippen LogP contribution is 2.66. The molecule has 0 saturated heterocycles. The van der Waals surface area contributed by atoms with Crippen molar-refractivity contribution in [2.75, 3.05) is 6.61 Å². The van der Waals surface area contributed by atoms with E-state index in [1.54, 1.807) is 11.6 Å². The first-order valence-electron chi connectivity index (χ1n) is 17.3. The van der Waals surface area contributed by atoms with Crippen LogP contribution in [0.3, 0.4) is 0 Å². The summed E-state index contributed by atoms with van der Waals surface area (Å²) < 4.78 is 23.2. The largest absolute Gasteiger partial charge is 0.463 e. The van der Waals surface area contributed by atoms with Crippen LogP contribution in [-0.2, 0) is 40.0 Å². The minimum atomic E-state index is -0.617. The van der Waals surface area contributed by atoms with E-state index in [1.165, 1.54) is 39.5 Å². The van der Waals surface area contributed by atoms with Gasteiger partial charge in [0.2, 0.25) is 0 Å². The zero-order valence-corrected chi connectivity index (χ0v) is 28.1. The van der Waals surface area contributed by atoms with Crippen LogP contribution in [0.25, 0.3) is 0 Å². The quantitative estimate of drug-likeness (QED) is 0.122. The molecule has 1 aliphatic heterocycles. The number of carbonyl (C=O) groups is 2. The maximum absolute atomic E-state index is 11.6. The average molecular weight is 634 g/mol. The summed E-state index contributed by atoms with van der Waals surface area (Å²) in [6, 6.07) is 10.3. The van der Waals surface area contributed by atoms with E-state index in [2.05, 4.69) is 44.1 Å². The molecule has 250 valence electrons. The Morgan fingerprint density at radius 1 is 0.957 bits per heavy atom. The third-order valence-corrected chi connectivity index (χ3v) is 12.1. The Morgan fingerprint density at radius 2 is 1.76 bits per heavy atom. The molecule has 5 aliphatic rings. The molecule has 1 unspecified atom stereocenters. The summed E-state index contributed by atoms with van der Waals surface area (Å²) in [7, 11) is 0. The highest BCUT2D eigenvalue weighted by molar-refractivity contribution is 5.85.